The Hall–Kier alpha value is -6.36. The van der Waals surface area contributed by atoms with Gasteiger partial charge in [-0.3, -0.25) is 0 Å². The van der Waals surface area contributed by atoms with Crippen LogP contribution in [-0.2, 0) is 0 Å². The van der Waals surface area contributed by atoms with E-state index in [0.717, 1.165) is 77.5 Å². The topological polar surface area (TPSA) is 29.5 Å². The van der Waals surface area contributed by atoms with Crippen molar-refractivity contribution in [3.63, 3.8) is 0 Å². The molecular weight excluding hydrogens is 631 g/mol. The average Bonchev–Trinajstić information content (AvgIpc) is 3.87. The van der Waals surface area contributed by atoms with Gasteiger partial charge in [0, 0.05) is 58.7 Å². The van der Waals surface area contributed by atoms with E-state index in [4.69, 9.17) is 8.83 Å². The Morgan fingerprint density at radius 1 is 0.420 bits per heavy atom. The molecule has 0 aliphatic carbocycles. The molecule has 0 spiro atoms. The molecule has 0 aliphatic heterocycles. The Kier molecular flexibility index (Phi) is 5.83. The summed E-state index contributed by atoms with van der Waals surface area (Å²) in [7, 11) is 0. The highest BCUT2D eigenvalue weighted by Gasteiger charge is 2.21. The molecule has 11 aromatic rings. The molecule has 234 valence electrons. The Bertz CT molecular complexity index is 3110. The van der Waals surface area contributed by atoms with Crippen molar-refractivity contribution in [1.82, 2.24) is 0 Å². The average molecular weight is 658 g/mol. The minimum Gasteiger partial charge on any atom is -0.456 e. The highest BCUT2D eigenvalue weighted by molar-refractivity contribution is 7.25. The molecule has 8 aromatic carbocycles. The second-order valence-corrected chi connectivity index (χ2v) is 13.9. The van der Waals surface area contributed by atoms with Crippen molar-refractivity contribution in [3.05, 3.63) is 164 Å². The van der Waals surface area contributed by atoms with E-state index in [1.807, 2.05) is 23.5 Å². The molecular formula is C46H27NO2S. The van der Waals surface area contributed by atoms with Crippen LogP contribution in [0.4, 0.5) is 17.1 Å². The second kappa shape index (κ2) is 10.6. The van der Waals surface area contributed by atoms with Crippen LogP contribution in [0.25, 0.3) is 85.9 Å². The molecule has 0 saturated carbocycles. The van der Waals surface area contributed by atoms with Gasteiger partial charge in [-0.25, -0.2) is 0 Å². The Morgan fingerprint density at radius 2 is 1.10 bits per heavy atom. The van der Waals surface area contributed by atoms with E-state index in [9.17, 15) is 0 Å². The molecule has 3 heterocycles. The molecule has 0 saturated heterocycles. The molecule has 3 nitrogen and oxygen atoms in total. The van der Waals surface area contributed by atoms with Crippen molar-refractivity contribution in [1.29, 1.82) is 0 Å². The molecule has 50 heavy (non-hydrogen) atoms. The van der Waals surface area contributed by atoms with Crippen molar-refractivity contribution < 1.29 is 8.83 Å². The van der Waals surface area contributed by atoms with Crippen LogP contribution in [0.1, 0.15) is 0 Å². The predicted octanol–water partition coefficient (Wildman–Crippen LogP) is 14.1. The van der Waals surface area contributed by atoms with E-state index < -0.39 is 0 Å². The van der Waals surface area contributed by atoms with Crippen LogP contribution in [-0.4, -0.2) is 0 Å². The SMILES string of the molecule is c1ccc2c(c1)ccc1c3cccc(-c4ccc(N(c5ccc6c(c5)sc5ccccc56)c5cccc6oc7ccccc7c56)cc4)c3oc21. The lowest BCUT2D eigenvalue weighted by Gasteiger charge is -2.26. The summed E-state index contributed by atoms with van der Waals surface area (Å²) in [6.45, 7) is 0. The Balaban J connectivity index is 1.11. The van der Waals surface area contributed by atoms with Crippen LogP contribution in [0.3, 0.4) is 0 Å². The van der Waals surface area contributed by atoms with Crippen molar-refractivity contribution in [3.8, 4) is 11.1 Å². The van der Waals surface area contributed by atoms with Crippen LogP contribution in [0.5, 0.6) is 0 Å². The first-order valence-electron chi connectivity index (χ1n) is 16.8. The zero-order valence-electron chi connectivity index (χ0n) is 26.8. The fourth-order valence-corrected chi connectivity index (χ4v) is 8.91. The van der Waals surface area contributed by atoms with Crippen LogP contribution >= 0.6 is 11.3 Å². The van der Waals surface area contributed by atoms with Gasteiger partial charge in [-0.15, -0.1) is 11.3 Å². The number of rotatable bonds is 4. The van der Waals surface area contributed by atoms with E-state index in [2.05, 4.69) is 157 Å². The van der Waals surface area contributed by atoms with E-state index in [1.54, 1.807) is 0 Å². The van der Waals surface area contributed by atoms with Crippen LogP contribution in [0, 0.1) is 0 Å². The predicted molar refractivity (Wildman–Crippen MR) is 212 cm³/mol. The summed E-state index contributed by atoms with van der Waals surface area (Å²) in [5, 5.41) is 9.36. The van der Waals surface area contributed by atoms with Crippen molar-refractivity contribution in [2.45, 2.75) is 0 Å². The molecule has 0 fully saturated rings. The summed E-state index contributed by atoms with van der Waals surface area (Å²) in [4.78, 5) is 2.37. The van der Waals surface area contributed by atoms with Gasteiger partial charge in [-0.2, -0.15) is 0 Å². The zero-order valence-corrected chi connectivity index (χ0v) is 27.6. The minimum atomic E-state index is 0.873. The number of hydrogen-bond donors (Lipinski definition) is 0. The molecule has 4 heteroatoms. The number of anilines is 3. The monoisotopic (exact) mass is 657 g/mol. The first-order chi connectivity index (χ1) is 24.8. The lowest BCUT2D eigenvalue weighted by Crippen LogP contribution is -2.10. The Labute approximate surface area is 290 Å². The van der Waals surface area contributed by atoms with Crippen molar-refractivity contribution in [2.75, 3.05) is 4.90 Å². The first-order valence-corrected chi connectivity index (χ1v) is 17.7. The van der Waals surface area contributed by atoms with Gasteiger partial charge >= 0.3 is 0 Å². The van der Waals surface area contributed by atoms with Crippen molar-refractivity contribution in [2.24, 2.45) is 0 Å². The first kappa shape index (κ1) is 27.6. The quantitative estimate of drug-likeness (QED) is 0.189. The highest BCUT2D eigenvalue weighted by Crippen LogP contribution is 2.46. The van der Waals surface area contributed by atoms with Crippen LogP contribution < -0.4 is 4.90 Å². The lowest BCUT2D eigenvalue weighted by molar-refractivity contribution is 0.669. The lowest BCUT2D eigenvalue weighted by atomic mass is 10.0. The standard InChI is InChI=1S/C46H27NO2S/c1-2-10-32-28(9-1)21-25-37-36-14-7-13-33(45(36)49-46(32)37)29-19-22-30(23-20-29)47(31-24-26-35-34-11-4-6-18-42(34)50-43(35)27-31)39-15-8-17-41-44(39)38-12-3-5-16-40(38)48-41/h1-27H. The maximum absolute atomic E-state index is 6.69. The van der Waals surface area contributed by atoms with Gasteiger partial charge in [0.25, 0.3) is 0 Å². The third kappa shape index (κ3) is 4.03. The zero-order chi connectivity index (χ0) is 32.8. The largest absolute Gasteiger partial charge is 0.456 e. The number of fused-ring (bicyclic) bond motifs is 11. The maximum Gasteiger partial charge on any atom is 0.143 e. The van der Waals surface area contributed by atoms with Crippen LogP contribution in [0.2, 0.25) is 0 Å². The second-order valence-electron chi connectivity index (χ2n) is 12.9. The molecule has 0 bridgehead atoms. The normalized spacial score (nSPS) is 12.0. The Morgan fingerprint density at radius 3 is 2.02 bits per heavy atom. The smallest absolute Gasteiger partial charge is 0.143 e. The molecule has 3 aromatic heterocycles. The van der Waals surface area contributed by atoms with Gasteiger partial charge in [0.15, 0.2) is 0 Å². The number of thiophene rings is 1. The number of nitrogens with zero attached hydrogens (tertiary/aromatic N) is 1. The van der Waals surface area contributed by atoms with Crippen LogP contribution in [0.15, 0.2) is 173 Å². The van der Waals surface area contributed by atoms with Crippen molar-refractivity contribution >= 4 is 103 Å². The molecule has 0 unspecified atom stereocenters. The van der Waals surface area contributed by atoms with Gasteiger partial charge in [0.1, 0.15) is 22.3 Å². The number of benzene rings is 8. The maximum atomic E-state index is 6.69. The van der Waals surface area contributed by atoms with Gasteiger partial charge in [-0.05, 0) is 65.5 Å². The fourth-order valence-electron chi connectivity index (χ4n) is 7.77. The van der Waals surface area contributed by atoms with E-state index in [1.165, 1.54) is 25.6 Å². The fraction of sp³-hybridized carbons (Fsp3) is 0. The van der Waals surface area contributed by atoms with Gasteiger partial charge in [-0.1, -0.05) is 109 Å². The number of para-hydroxylation sites is 2. The van der Waals surface area contributed by atoms with E-state index in [0.29, 0.717) is 0 Å². The van der Waals surface area contributed by atoms with Gasteiger partial charge < -0.3 is 13.7 Å². The molecule has 0 N–H and O–H groups in total. The highest BCUT2D eigenvalue weighted by atomic mass is 32.1. The van der Waals surface area contributed by atoms with E-state index >= 15 is 0 Å². The summed E-state index contributed by atoms with van der Waals surface area (Å²) in [6.07, 6.45) is 0. The molecule has 0 aliphatic rings. The van der Waals surface area contributed by atoms with Gasteiger partial charge in [0.2, 0.25) is 0 Å². The summed E-state index contributed by atoms with van der Waals surface area (Å²) in [5.41, 5.74) is 9.03. The molecule has 0 radical (unpaired) electrons. The molecule has 0 amide bonds. The number of hydrogen-bond acceptors (Lipinski definition) is 4. The molecule has 11 rings (SSSR count). The van der Waals surface area contributed by atoms with E-state index in [-0.39, 0.29) is 0 Å². The summed E-state index contributed by atoms with van der Waals surface area (Å²) in [6, 6.07) is 58.3. The summed E-state index contributed by atoms with van der Waals surface area (Å²) in [5.74, 6) is 0. The summed E-state index contributed by atoms with van der Waals surface area (Å²) >= 11 is 1.84. The third-order valence-electron chi connectivity index (χ3n) is 10.1. The third-order valence-corrected chi connectivity index (χ3v) is 11.2. The summed E-state index contributed by atoms with van der Waals surface area (Å²) < 4.78 is 15.6. The molecule has 0 atom stereocenters. The number of furan rings is 2. The van der Waals surface area contributed by atoms with Gasteiger partial charge in [0.05, 0.1) is 11.1 Å². The minimum absolute atomic E-state index is 0.873.